The number of halogens is 1. The number of fused-ring (bicyclic) bond motifs is 1. The van der Waals surface area contributed by atoms with E-state index in [0.717, 1.165) is 47.2 Å². The van der Waals surface area contributed by atoms with Gasteiger partial charge in [0, 0.05) is 61.2 Å². The number of alkyl halides is 1. The van der Waals surface area contributed by atoms with Crippen molar-refractivity contribution in [2.45, 2.75) is 6.04 Å². The molecule has 2 aromatic rings. The molecule has 1 aromatic heterocycles. The number of aromatic nitrogens is 1. The maximum atomic E-state index is 12.5. The molecular weight excluding hydrogens is 521 g/mol. The molecule has 10 nitrogen and oxygen atoms in total. The van der Waals surface area contributed by atoms with Crippen LogP contribution in [0.3, 0.4) is 0 Å². The fraction of sp³-hybridized carbons (Fsp3) is 0.333. The van der Waals surface area contributed by atoms with E-state index in [4.69, 9.17) is 5.73 Å². The van der Waals surface area contributed by atoms with Gasteiger partial charge in [-0.2, -0.15) is 5.01 Å². The third-order valence-electron chi connectivity index (χ3n) is 7.02. The number of nitrogens with two attached hydrogens (primary N) is 1. The smallest absolute Gasteiger partial charge is 0.248 e. The fourth-order valence-electron chi connectivity index (χ4n) is 5.00. The highest BCUT2D eigenvalue weighted by Gasteiger charge is 2.28. The number of hydrogen-bond acceptors (Lipinski definition) is 9. The van der Waals surface area contributed by atoms with Crippen LogP contribution in [0, 0.1) is 0 Å². The van der Waals surface area contributed by atoms with Gasteiger partial charge in [-0.1, -0.05) is 12.2 Å². The topological polar surface area (TPSA) is 105 Å². The van der Waals surface area contributed by atoms with Crippen LogP contribution in [-0.2, 0) is 4.79 Å². The van der Waals surface area contributed by atoms with E-state index in [9.17, 15) is 9.18 Å². The van der Waals surface area contributed by atoms with E-state index in [1.54, 1.807) is 12.3 Å². The number of likely N-dealkylation sites (N-methyl/N-ethyl adjacent to an activating group) is 1. The van der Waals surface area contributed by atoms with Crippen molar-refractivity contribution in [1.29, 1.82) is 0 Å². The van der Waals surface area contributed by atoms with Crippen molar-refractivity contribution in [2.75, 3.05) is 76.2 Å². The zero-order valence-corrected chi connectivity index (χ0v) is 23.6. The second kappa shape index (κ2) is 13.0. The Kier molecular flexibility index (Phi) is 8.98. The Morgan fingerprint density at radius 2 is 1.95 bits per heavy atom. The molecule has 0 saturated carbocycles. The Hall–Kier alpha value is -4.19. The molecule has 0 bridgehead atoms. The summed E-state index contributed by atoms with van der Waals surface area (Å²) in [4.78, 5) is 23.2. The Balaban J connectivity index is 1.22. The lowest BCUT2D eigenvalue weighted by Crippen LogP contribution is -2.55. The predicted molar refractivity (Wildman–Crippen MR) is 162 cm³/mol. The van der Waals surface area contributed by atoms with Crippen LogP contribution < -0.4 is 21.8 Å². The summed E-state index contributed by atoms with van der Waals surface area (Å²) in [7, 11) is 3.90. The number of anilines is 3. The first-order valence-corrected chi connectivity index (χ1v) is 13.8. The normalized spacial score (nSPS) is 18.0. The van der Waals surface area contributed by atoms with Crippen molar-refractivity contribution in [3.05, 3.63) is 90.1 Å². The number of nitrogens with zero attached hydrogens (tertiary/aromatic N) is 5. The summed E-state index contributed by atoms with van der Waals surface area (Å²) in [6, 6.07) is 12.1. The van der Waals surface area contributed by atoms with Gasteiger partial charge in [0.1, 0.15) is 6.67 Å². The van der Waals surface area contributed by atoms with Crippen molar-refractivity contribution in [1.82, 2.24) is 24.7 Å². The molecule has 0 aliphatic carbocycles. The highest BCUT2D eigenvalue weighted by molar-refractivity contribution is 5.99. The Bertz CT molecular complexity index is 1350. The van der Waals surface area contributed by atoms with E-state index >= 15 is 0 Å². The summed E-state index contributed by atoms with van der Waals surface area (Å²) in [5.74, 6) is -0.188. The SMILES string of the molecule is CN(C)C/C=C/C(=O)Nc1ccnc(C2=CC=CC3=C(N)CN(Nc4ccc(NC5CN(CCF)C5)cc4)CN23)c1. The monoisotopic (exact) mass is 559 g/mol. The van der Waals surface area contributed by atoms with Crippen LogP contribution in [0.5, 0.6) is 0 Å². The van der Waals surface area contributed by atoms with Crippen LogP contribution in [0.25, 0.3) is 5.70 Å². The van der Waals surface area contributed by atoms with Gasteiger partial charge < -0.3 is 31.6 Å². The number of benzene rings is 1. The number of nitrogens with one attached hydrogen (secondary N) is 3. The highest BCUT2D eigenvalue weighted by Crippen LogP contribution is 2.32. The molecule has 0 spiro atoms. The maximum absolute atomic E-state index is 12.5. The lowest BCUT2D eigenvalue weighted by molar-refractivity contribution is -0.111. The second-order valence-electron chi connectivity index (χ2n) is 10.7. The number of pyridine rings is 1. The van der Waals surface area contributed by atoms with Gasteiger partial charge in [-0.05, 0) is 62.6 Å². The third kappa shape index (κ3) is 7.31. The van der Waals surface area contributed by atoms with Crippen molar-refractivity contribution >= 4 is 28.7 Å². The third-order valence-corrected chi connectivity index (χ3v) is 7.02. The number of hydrazine groups is 1. The quantitative estimate of drug-likeness (QED) is 0.310. The summed E-state index contributed by atoms with van der Waals surface area (Å²) in [6.07, 6.45) is 11.0. The molecule has 4 heterocycles. The predicted octanol–water partition coefficient (Wildman–Crippen LogP) is 2.89. The highest BCUT2D eigenvalue weighted by atomic mass is 19.1. The summed E-state index contributed by atoms with van der Waals surface area (Å²) in [6.45, 7) is 3.72. The van der Waals surface area contributed by atoms with E-state index in [2.05, 4.69) is 35.9 Å². The van der Waals surface area contributed by atoms with Crippen molar-refractivity contribution in [3.8, 4) is 0 Å². The van der Waals surface area contributed by atoms with Crippen LogP contribution in [-0.4, -0.2) is 96.8 Å². The molecule has 5 N–H and O–H groups in total. The Morgan fingerprint density at radius 1 is 1.17 bits per heavy atom. The van der Waals surface area contributed by atoms with Crippen LogP contribution in [0.15, 0.2) is 84.4 Å². The van der Waals surface area contributed by atoms with Gasteiger partial charge in [0.15, 0.2) is 0 Å². The van der Waals surface area contributed by atoms with Gasteiger partial charge >= 0.3 is 0 Å². The maximum Gasteiger partial charge on any atom is 0.248 e. The number of carbonyl (C=O) groups excluding carboxylic acids is 1. The molecule has 5 rings (SSSR count). The van der Waals surface area contributed by atoms with Gasteiger partial charge in [-0.3, -0.25) is 14.7 Å². The molecule has 11 heteroatoms. The minimum absolute atomic E-state index is 0.188. The van der Waals surface area contributed by atoms with E-state index in [1.165, 1.54) is 6.08 Å². The van der Waals surface area contributed by atoms with Crippen molar-refractivity contribution in [2.24, 2.45) is 5.73 Å². The number of likely N-dealkylation sites (tertiary alicyclic amines) is 1. The molecule has 3 aliphatic rings. The molecule has 0 unspecified atom stereocenters. The van der Waals surface area contributed by atoms with Gasteiger partial charge in [-0.15, -0.1) is 0 Å². The molecule has 1 amide bonds. The van der Waals surface area contributed by atoms with Crippen LogP contribution in [0.4, 0.5) is 21.5 Å². The number of hydrogen-bond donors (Lipinski definition) is 4. The standard InChI is InChI=1S/C30H38FN9O/c1-37(2)15-4-7-30(41)35-24-12-14-33-27(17-24)29-6-3-5-28-26(32)20-39(21-40(28)29)36-23-10-8-22(9-11-23)34-25-18-38(19-25)16-13-31/h3-12,14,17,25,34,36H,13,15-16,18-21,32H2,1-2H3,(H,33,35,41)/b7-4+. The molecular formula is C30H38FN9O. The first-order chi connectivity index (χ1) is 19.9. The lowest BCUT2D eigenvalue weighted by Gasteiger charge is -2.40. The lowest BCUT2D eigenvalue weighted by atomic mass is 10.1. The number of amides is 1. The molecule has 3 aliphatic heterocycles. The Morgan fingerprint density at radius 3 is 2.71 bits per heavy atom. The fourth-order valence-corrected chi connectivity index (χ4v) is 5.00. The van der Waals surface area contributed by atoms with Gasteiger partial charge in [-0.25, -0.2) is 4.39 Å². The zero-order valence-electron chi connectivity index (χ0n) is 23.6. The summed E-state index contributed by atoms with van der Waals surface area (Å²) in [5.41, 5.74) is 15.9. The van der Waals surface area contributed by atoms with Gasteiger partial charge in [0.25, 0.3) is 0 Å². The molecule has 1 aromatic carbocycles. The van der Waals surface area contributed by atoms with E-state index < -0.39 is 0 Å². The first-order valence-electron chi connectivity index (χ1n) is 13.8. The molecule has 41 heavy (non-hydrogen) atoms. The second-order valence-corrected chi connectivity index (χ2v) is 10.7. The van der Waals surface area contributed by atoms with Crippen LogP contribution in [0.2, 0.25) is 0 Å². The molecule has 0 radical (unpaired) electrons. The van der Waals surface area contributed by atoms with Crippen LogP contribution in [0.1, 0.15) is 5.69 Å². The zero-order chi connectivity index (χ0) is 28.8. The number of carbonyl (C=O) groups is 1. The average molecular weight is 560 g/mol. The molecule has 1 fully saturated rings. The summed E-state index contributed by atoms with van der Waals surface area (Å²) >= 11 is 0. The van der Waals surface area contributed by atoms with Gasteiger partial charge in [0.05, 0.1) is 36.3 Å². The summed E-state index contributed by atoms with van der Waals surface area (Å²) < 4.78 is 12.5. The average Bonchev–Trinajstić information content (AvgIpc) is 2.92. The minimum atomic E-state index is -0.299. The molecule has 0 atom stereocenters. The number of rotatable bonds is 11. The van der Waals surface area contributed by atoms with Gasteiger partial charge in [0.2, 0.25) is 5.91 Å². The minimum Gasteiger partial charge on any atom is -0.399 e. The molecule has 216 valence electrons. The Labute approximate surface area is 240 Å². The molecule has 1 saturated heterocycles. The van der Waals surface area contributed by atoms with E-state index in [-0.39, 0.29) is 12.6 Å². The van der Waals surface area contributed by atoms with E-state index in [1.807, 2.05) is 73.6 Å². The van der Waals surface area contributed by atoms with Crippen molar-refractivity contribution < 1.29 is 9.18 Å². The largest absolute Gasteiger partial charge is 0.399 e. The first kappa shape index (κ1) is 28.3. The van der Waals surface area contributed by atoms with Crippen LogP contribution >= 0.6 is 0 Å². The summed E-state index contributed by atoms with van der Waals surface area (Å²) in [5, 5.41) is 8.47. The number of allylic oxidation sites excluding steroid dienone is 3. The van der Waals surface area contributed by atoms with E-state index in [0.29, 0.717) is 38.0 Å². The van der Waals surface area contributed by atoms with Crippen molar-refractivity contribution in [3.63, 3.8) is 0 Å².